The van der Waals surface area contributed by atoms with Gasteiger partial charge in [-0.25, -0.2) is 0 Å². The highest BCUT2D eigenvalue weighted by Crippen LogP contribution is 2.29. The van der Waals surface area contributed by atoms with Crippen molar-refractivity contribution in [3.05, 3.63) is 47.5 Å². The Morgan fingerprint density at radius 1 is 1.05 bits per heavy atom. The van der Waals surface area contributed by atoms with Gasteiger partial charge in [0.1, 0.15) is 5.75 Å². The lowest BCUT2D eigenvalue weighted by Crippen LogP contribution is -2.08. The second-order valence-corrected chi connectivity index (χ2v) is 4.83. The van der Waals surface area contributed by atoms with Gasteiger partial charge in [0, 0.05) is 31.2 Å². The van der Waals surface area contributed by atoms with E-state index in [2.05, 4.69) is 22.3 Å². The Hall–Kier alpha value is -1.87. The van der Waals surface area contributed by atoms with Crippen LogP contribution in [0, 0.1) is 0 Å². The van der Waals surface area contributed by atoms with Crippen molar-refractivity contribution in [2.45, 2.75) is 0 Å². The topological polar surface area (TPSA) is 24.5 Å². The van der Waals surface area contributed by atoms with Crippen LogP contribution in [-0.4, -0.2) is 21.2 Å². The fourth-order valence-electron chi connectivity index (χ4n) is 1.77. The molecule has 0 aromatic heterocycles. The molecule has 19 heavy (non-hydrogen) atoms. The number of nitrogens with zero attached hydrogens (tertiary/aromatic N) is 1. The summed E-state index contributed by atoms with van der Waals surface area (Å²) in [5.74, 6) is 0.675. The molecule has 1 N–H and O–H groups in total. The summed E-state index contributed by atoms with van der Waals surface area (Å²) in [4.78, 5) is 2.06. The number of halogens is 1. The summed E-state index contributed by atoms with van der Waals surface area (Å²) in [6.45, 7) is 0. The highest BCUT2D eigenvalue weighted by atomic mass is 35.5. The number of ether oxygens (including phenoxy) is 1. The van der Waals surface area contributed by atoms with E-state index in [-0.39, 0.29) is 0 Å². The molecule has 2 aromatic rings. The van der Waals surface area contributed by atoms with Crippen molar-refractivity contribution in [2.24, 2.45) is 0 Å². The highest BCUT2D eigenvalue weighted by molar-refractivity contribution is 6.32. The van der Waals surface area contributed by atoms with Crippen LogP contribution in [0.5, 0.6) is 5.75 Å². The smallest absolute Gasteiger partial charge is 0.137 e. The van der Waals surface area contributed by atoms with E-state index in [1.54, 1.807) is 7.11 Å². The molecule has 0 spiro atoms. The second kappa shape index (κ2) is 5.85. The van der Waals surface area contributed by atoms with Gasteiger partial charge in [-0.05, 0) is 36.4 Å². The molecular weight excluding hydrogens is 260 g/mol. The van der Waals surface area contributed by atoms with Crippen LogP contribution in [0.1, 0.15) is 0 Å². The molecule has 4 heteroatoms. The molecule has 0 amide bonds. The van der Waals surface area contributed by atoms with Gasteiger partial charge in [-0.15, -0.1) is 0 Å². The number of rotatable bonds is 4. The summed E-state index contributed by atoms with van der Waals surface area (Å²) >= 11 is 6.10. The van der Waals surface area contributed by atoms with Gasteiger partial charge in [-0.3, -0.25) is 0 Å². The maximum Gasteiger partial charge on any atom is 0.137 e. The van der Waals surface area contributed by atoms with E-state index in [0.29, 0.717) is 10.8 Å². The molecule has 0 saturated heterocycles. The van der Waals surface area contributed by atoms with E-state index in [9.17, 15) is 0 Å². The molecule has 0 aliphatic carbocycles. The number of hydrogen-bond acceptors (Lipinski definition) is 3. The van der Waals surface area contributed by atoms with Crippen molar-refractivity contribution < 1.29 is 4.74 Å². The standard InChI is InChI=1S/C15H17ClN2O/c1-18(2)13-6-4-5-11(9-13)17-12-7-8-15(19-3)14(16)10-12/h4-10,17H,1-3H3. The Balaban J connectivity index is 2.21. The van der Waals surface area contributed by atoms with Crippen LogP contribution in [0.4, 0.5) is 17.1 Å². The van der Waals surface area contributed by atoms with E-state index in [4.69, 9.17) is 16.3 Å². The number of benzene rings is 2. The van der Waals surface area contributed by atoms with Crippen LogP contribution in [0.3, 0.4) is 0 Å². The first kappa shape index (κ1) is 13.6. The maximum absolute atomic E-state index is 6.10. The first-order valence-electron chi connectivity index (χ1n) is 5.98. The maximum atomic E-state index is 6.10. The van der Waals surface area contributed by atoms with Crippen LogP contribution in [0.25, 0.3) is 0 Å². The molecule has 0 fully saturated rings. The zero-order valence-corrected chi connectivity index (χ0v) is 12.0. The van der Waals surface area contributed by atoms with Crippen molar-refractivity contribution in [1.29, 1.82) is 0 Å². The minimum Gasteiger partial charge on any atom is -0.495 e. The van der Waals surface area contributed by atoms with Gasteiger partial charge < -0.3 is 15.0 Å². The van der Waals surface area contributed by atoms with E-state index < -0.39 is 0 Å². The Morgan fingerprint density at radius 2 is 1.79 bits per heavy atom. The van der Waals surface area contributed by atoms with Gasteiger partial charge in [0.25, 0.3) is 0 Å². The van der Waals surface area contributed by atoms with Gasteiger partial charge in [0.15, 0.2) is 0 Å². The van der Waals surface area contributed by atoms with E-state index in [0.717, 1.165) is 17.1 Å². The quantitative estimate of drug-likeness (QED) is 0.907. The van der Waals surface area contributed by atoms with Crippen LogP contribution < -0.4 is 15.0 Å². The van der Waals surface area contributed by atoms with Crippen molar-refractivity contribution in [1.82, 2.24) is 0 Å². The SMILES string of the molecule is COc1ccc(Nc2cccc(N(C)C)c2)cc1Cl. The summed E-state index contributed by atoms with van der Waals surface area (Å²) in [5, 5.41) is 3.92. The van der Waals surface area contributed by atoms with Gasteiger partial charge in [-0.1, -0.05) is 17.7 Å². The van der Waals surface area contributed by atoms with E-state index in [1.807, 2.05) is 44.4 Å². The highest BCUT2D eigenvalue weighted by Gasteiger charge is 2.03. The molecule has 0 heterocycles. The van der Waals surface area contributed by atoms with Crippen LogP contribution in [0.2, 0.25) is 5.02 Å². The lowest BCUT2D eigenvalue weighted by molar-refractivity contribution is 0.415. The zero-order chi connectivity index (χ0) is 13.8. The average Bonchev–Trinajstić information content (AvgIpc) is 2.39. The number of methoxy groups -OCH3 is 1. The third-order valence-electron chi connectivity index (χ3n) is 2.80. The minimum atomic E-state index is 0.594. The lowest BCUT2D eigenvalue weighted by Gasteiger charge is -2.15. The van der Waals surface area contributed by atoms with Crippen LogP contribution in [0.15, 0.2) is 42.5 Å². The third kappa shape index (κ3) is 3.32. The predicted molar refractivity (Wildman–Crippen MR) is 82.1 cm³/mol. The summed E-state index contributed by atoms with van der Waals surface area (Å²) in [5.41, 5.74) is 3.10. The predicted octanol–water partition coefficient (Wildman–Crippen LogP) is 4.16. The molecule has 0 bridgehead atoms. The monoisotopic (exact) mass is 276 g/mol. The van der Waals surface area contributed by atoms with Crippen LogP contribution >= 0.6 is 11.6 Å². The molecule has 2 rings (SSSR count). The first-order chi connectivity index (χ1) is 9.10. The van der Waals surface area contributed by atoms with E-state index in [1.165, 1.54) is 0 Å². The Bertz CT molecular complexity index is 570. The molecule has 0 aliphatic rings. The molecular formula is C15H17ClN2O. The Labute approximate surface area is 118 Å². The normalized spacial score (nSPS) is 10.1. The van der Waals surface area contributed by atoms with Crippen molar-refractivity contribution in [2.75, 3.05) is 31.4 Å². The Morgan fingerprint density at radius 3 is 2.42 bits per heavy atom. The van der Waals surface area contributed by atoms with Gasteiger partial charge in [0.05, 0.1) is 12.1 Å². The molecule has 0 atom stereocenters. The second-order valence-electron chi connectivity index (χ2n) is 4.42. The van der Waals surface area contributed by atoms with Gasteiger partial charge in [0.2, 0.25) is 0 Å². The summed E-state index contributed by atoms with van der Waals surface area (Å²) < 4.78 is 5.13. The summed E-state index contributed by atoms with van der Waals surface area (Å²) in [7, 11) is 5.64. The molecule has 0 radical (unpaired) electrons. The van der Waals surface area contributed by atoms with Crippen molar-refractivity contribution >= 4 is 28.7 Å². The lowest BCUT2D eigenvalue weighted by atomic mass is 10.2. The number of anilines is 3. The van der Waals surface area contributed by atoms with Crippen LogP contribution in [-0.2, 0) is 0 Å². The largest absolute Gasteiger partial charge is 0.495 e. The van der Waals surface area contributed by atoms with Gasteiger partial charge in [-0.2, -0.15) is 0 Å². The third-order valence-corrected chi connectivity index (χ3v) is 3.10. The molecule has 3 nitrogen and oxygen atoms in total. The molecule has 0 saturated carbocycles. The fraction of sp³-hybridized carbons (Fsp3) is 0.200. The average molecular weight is 277 g/mol. The van der Waals surface area contributed by atoms with E-state index >= 15 is 0 Å². The molecule has 0 unspecified atom stereocenters. The molecule has 2 aromatic carbocycles. The van der Waals surface area contributed by atoms with Crippen molar-refractivity contribution in [3.8, 4) is 5.75 Å². The fourth-order valence-corrected chi connectivity index (χ4v) is 2.03. The number of nitrogens with one attached hydrogen (secondary N) is 1. The van der Waals surface area contributed by atoms with Crippen molar-refractivity contribution in [3.63, 3.8) is 0 Å². The summed E-state index contributed by atoms with van der Waals surface area (Å²) in [6.07, 6.45) is 0. The number of hydrogen-bond donors (Lipinski definition) is 1. The minimum absolute atomic E-state index is 0.594. The zero-order valence-electron chi connectivity index (χ0n) is 11.3. The first-order valence-corrected chi connectivity index (χ1v) is 6.36. The van der Waals surface area contributed by atoms with Gasteiger partial charge >= 0.3 is 0 Å². The molecule has 100 valence electrons. The summed E-state index contributed by atoms with van der Waals surface area (Å²) in [6, 6.07) is 13.8. The Kier molecular flexibility index (Phi) is 4.17. The molecule has 0 aliphatic heterocycles.